The molecule has 5 nitrogen and oxygen atoms in total. The zero-order chi connectivity index (χ0) is 17.6. The maximum Gasteiger partial charge on any atom is 0.238 e. The number of aromatic nitrogens is 2. The van der Waals surface area contributed by atoms with Gasteiger partial charge in [0.05, 0.1) is 18.4 Å². The van der Waals surface area contributed by atoms with E-state index in [9.17, 15) is 9.18 Å². The van der Waals surface area contributed by atoms with Gasteiger partial charge in [0.15, 0.2) is 0 Å². The van der Waals surface area contributed by atoms with Crippen LogP contribution in [0, 0.1) is 11.7 Å². The summed E-state index contributed by atoms with van der Waals surface area (Å²) >= 11 is 0. The Morgan fingerprint density at radius 3 is 2.88 bits per heavy atom. The highest BCUT2D eigenvalue weighted by atomic mass is 19.1. The minimum absolute atomic E-state index is 0.00665. The molecule has 25 heavy (non-hydrogen) atoms. The average molecular weight is 344 g/mol. The summed E-state index contributed by atoms with van der Waals surface area (Å²) in [5.41, 5.74) is 1.91. The molecule has 1 amide bonds. The molecule has 1 N–H and O–H groups in total. The highest BCUT2D eigenvalue weighted by Crippen LogP contribution is 2.21. The number of carbonyl (C=O) groups is 1. The van der Waals surface area contributed by atoms with Gasteiger partial charge in [-0.25, -0.2) is 4.39 Å². The van der Waals surface area contributed by atoms with Crippen molar-refractivity contribution in [2.75, 3.05) is 25.0 Å². The number of nitrogens with zero attached hydrogens (tertiary/aromatic N) is 3. The fraction of sp³-hybridized carbons (Fsp3) is 0.474. The van der Waals surface area contributed by atoms with Gasteiger partial charge in [-0.3, -0.25) is 14.4 Å². The van der Waals surface area contributed by atoms with E-state index in [0.29, 0.717) is 12.5 Å². The van der Waals surface area contributed by atoms with Crippen molar-refractivity contribution in [2.45, 2.75) is 25.7 Å². The Hall–Kier alpha value is -2.21. The molecule has 0 aliphatic carbocycles. The van der Waals surface area contributed by atoms with Crippen LogP contribution in [-0.4, -0.2) is 40.2 Å². The molecule has 0 radical (unpaired) electrons. The number of hydrogen-bond donors (Lipinski definition) is 1. The summed E-state index contributed by atoms with van der Waals surface area (Å²) < 4.78 is 14.6. The molecule has 1 aromatic heterocycles. The standard InChI is InChI=1S/C19H25FN4O/c1-23-13-18(11-21-23)22-19(25)14-24-10-2-3-16(12-24)5-4-15-6-8-17(20)9-7-15/h6-9,11,13,16H,2-5,10,12,14H2,1H3,(H,22,25)/t16-/m0/s1. The van der Waals surface area contributed by atoms with Crippen molar-refractivity contribution in [3.05, 3.63) is 48.0 Å². The van der Waals surface area contributed by atoms with Crippen LogP contribution in [-0.2, 0) is 18.3 Å². The summed E-state index contributed by atoms with van der Waals surface area (Å²) in [6.45, 7) is 2.33. The third kappa shape index (κ3) is 5.39. The molecule has 134 valence electrons. The minimum Gasteiger partial charge on any atom is -0.322 e. The number of piperidine rings is 1. The minimum atomic E-state index is -0.188. The topological polar surface area (TPSA) is 50.2 Å². The smallest absolute Gasteiger partial charge is 0.238 e. The van der Waals surface area contributed by atoms with Crippen molar-refractivity contribution < 1.29 is 9.18 Å². The van der Waals surface area contributed by atoms with Gasteiger partial charge in [0.1, 0.15) is 5.82 Å². The van der Waals surface area contributed by atoms with E-state index in [1.165, 1.54) is 24.1 Å². The molecule has 1 fully saturated rings. The van der Waals surface area contributed by atoms with Crippen molar-refractivity contribution in [1.29, 1.82) is 0 Å². The summed E-state index contributed by atoms with van der Waals surface area (Å²) in [6, 6.07) is 6.76. The molecular formula is C19H25FN4O. The molecule has 1 aliphatic rings. The predicted molar refractivity (Wildman–Crippen MR) is 95.7 cm³/mol. The van der Waals surface area contributed by atoms with Gasteiger partial charge in [0, 0.05) is 19.8 Å². The first-order valence-corrected chi connectivity index (χ1v) is 8.84. The Morgan fingerprint density at radius 2 is 2.16 bits per heavy atom. The van der Waals surface area contributed by atoms with Gasteiger partial charge in [0.2, 0.25) is 5.91 Å². The fourth-order valence-electron chi connectivity index (χ4n) is 3.44. The number of benzene rings is 1. The molecule has 3 rings (SSSR count). The first kappa shape index (κ1) is 17.6. The lowest BCUT2D eigenvalue weighted by molar-refractivity contribution is -0.117. The molecule has 1 aliphatic heterocycles. The number of hydrogen-bond acceptors (Lipinski definition) is 3. The van der Waals surface area contributed by atoms with E-state index < -0.39 is 0 Å². The zero-order valence-corrected chi connectivity index (χ0v) is 14.6. The molecule has 1 aromatic carbocycles. The van der Waals surface area contributed by atoms with E-state index in [1.54, 1.807) is 17.1 Å². The number of rotatable bonds is 6. The van der Waals surface area contributed by atoms with Crippen molar-refractivity contribution in [3.63, 3.8) is 0 Å². The Labute approximate surface area is 147 Å². The van der Waals surface area contributed by atoms with Crippen molar-refractivity contribution in [2.24, 2.45) is 13.0 Å². The van der Waals surface area contributed by atoms with Gasteiger partial charge in [-0.1, -0.05) is 12.1 Å². The molecule has 0 saturated carbocycles. The Balaban J connectivity index is 1.44. The van der Waals surface area contributed by atoms with Gasteiger partial charge in [-0.2, -0.15) is 5.10 Å². The van der Waals surface area contributed by atoms with Crippen LogP contribution in [0.3, 0.4) is 0 Å². The second-order valence-corrected chi connectivity index (χ2v) is 6.86. The van der Waals surface area contributed by atoms with Crippen LogP contribution >= 0.6 is 0 Å². The van der Waals surface area contributed by atoms with Crippen LogP contribution in [0.4, 0.5) is 10.1 Å². The lowest BCUT2D eigenvalue weighted by atomic mass is 9.91. The molecular weight excluding hydrogens is 319 g/mol. The monoisotopic (exact) mass is 344 g/mol. The molecule has 0 spiro atoms. The molecule has 2 heterocycles. The maximum atomic E-state index is 13.0. The van der Waals surface area contributed by atoms with Crippen LogP contribution in [0.15, 0.2) is 36.7 Å². The molecule has 1 atom stereocenters. The first-order valence-electron chi connectivity index (χ1n) is 8.84. The Kier molecular flexibility index (Phi) is 5.81. The number of carbonyl (C=O) groups excluding carboxylic acids is 1. The summed E-state index contributed by atoms with van der Waals surface area (Å²) in [4.78, 5) is 14.4. The van der Waals surface area contributed by atoms with Crippen LogP contribution in [0.1, 0.15) is 24.8 Å². The van der Waals surface area contributed by atoms with Crippen LogP contribution in [0.5, 0.6) is 0 Å². The molecule has 2 aromatic rings. The highest BCUT2D eigenvalue weighted by molar-refractivity contribution is 5.91. The second-order valence-electron chi connectivity index (χ2n) is 6.86. The third-order valence-corrected chi connectivity index (χ3v) is 4.71. The maximum absolute atomic E-state index is 13.0. The summed E-state index contributed by atoms with van der Waals surface area (Å²) in [6.07, 6.45) is 7.79. The number of amides is 1. The van der Waals surface area contributed by atoms with E-state index in [1.807, 2.05) is 19.2 Å². The quantitative estimate of drug-likeness (QED) is 0.877. The number of likely N-dealkylation sites (tertiary alicyclic amines) is 1. The fourth-order valence-corrected chi connectivity index (χ4v) is 3.44. The van der Waals surface area contributed by atoms with E-state index in [0.717, 1.165) is 38.0 Å². The largest absolute Gasteiger partial charge is 0.322 e. The SMILES string of the molecule is Cn1cc(NC(=O)CN2CCC[C@@H](CCc3ccc(F)cc3)C2)cn1. The lowest BCUT2D eigenvalue weighted by Crippen LogP contribution is -2.40. The third-order valence-electron chi connectivity index (χ3n) is 4.71. The molecule has 6 heteroatoms. The Morgan fingerprint density at radius 1 is 1.36 bits per heavy atom. The van der Waals surface area contributed by atoms with E-state index in [4.69, 9.17) is 0 Å². The molecule has 0 unspecified atom stereocenters. The molecule has 0 bridgehead atoms. The number of nitrogens with one attached hydrogen (secondary N) is 1. The number of aryl methyl sites for hydroxylation is 2. The van der Waals surface area contributed by atoms with Crippen molar-refractivity contribution in [3.8, 4) is 0 Å². The van der Waals surface area contributed by atoms with Gasteiger partial charge in [-0.05, 0) is 55.8 Å². The summed E-state index contributed by atoms with van der Waals surface area (Å²) in [5, 5.41) is 6.94. The number of anilines is 1. The van der Waals surface area contributed by atoms with E-state index >= 15 is 0 Å². The van der Waals surface area contributed by atoms with Crippen LogP contribution in [0.25, 0.3) is 0 Å². The Bertz CT molecular complexity index is 698. The van der Waals surface area contributed by atoms with E-state index in [-0.39, 0.29) is 11.7 Å². The summed E-state index contributed by atoms with van der Waals surface area (Å²) in [5.74, 6) is 0.407. The van der Waals surface area contributed by atoms with Gasteiger partial charge in [-0.15, -0.1) is 0 Å². The van der Waals surface area contributed by atoms with E-state index in [2.05, 4.69) is 15.3 Å². The number of halogens is 1. The van der Waals surface area contributed by atoms with Crippen molar-refractivity contribution >= 4 is 11.6 Å². The lowest BCUT2D eigenvalue weighted by Gasteiger charge is -2.32. The second kappa shape index (κ2) is 8.25. The molecule has 1 saturated heterocycles. The van der Waals surface area contributed by atoms with Gasteiger partial charge >= 0.3 is 0 Å². The van der Waals surface area contributed by atoms with Crippen LogP contribution in [0.2, 0.25) is 0 Å². The van der Waals surface area contributed by atoms with Gasteiger partial charge < -0.3 is 5.32 Å². The van der Waals surface area contributed by atoms with Crippen molar-refractivity contribution in [1.82, 2.24) is 14.7 Å². The normalized spacial score (nSPS) is 18.2. The first-order chi connectivity index (χ1) is 12.1. The van der Waals surface area contributed by atoms with Crippen LogP contribution < -0.4 is 5.32 Å². The zero-order valence-electron chi connectivity index (χ0n) is 14.6. The summed E-state index contributed by atoms with van der Waals surface area (Å²) in [7, 11) is 1.83. The van der Waals surface area contributed by atoms with Gasteiger partial charge in [0.25, 0.3) is 0 Å². The average Bonchev–Trinajstić information content (AvgIpc) is 2.99. The highest BCUT2D eigenvalue weighted by Gasteiger charge is 2.21. The predicted octanol–water partition coefficient (Wildman–Crippen LogP) is 2.84.